The molecule has 1 saturated carbocycles. The molecule has 13 heavy (non-hydrogen) atoms. The van der Waals surface area contributed by atoms with Crippen LogP contribution in [0.2, 0.25) is 0 Å². The normalized spacial score (nSPS) is 17.2. The van der Waals surface area contributed by atoms with Crippen LogP contribution >= 0.6 is 0 Å². The fraction of sp³-hybridized carbons (Fsp3) is 0.700. The van der Waals surface area contributed by atoms with Crippen molar-refractivity contribution in [3.05, 3.63) is 12.3 Å². The summed E-state index contributed by atoms with van der Waals surface area (Å²) in [6, 6.07) is 1.85. The van der Waals surface area contributed by atoms with Crippen molar-refractivity contribution in [3.8, 4) is 0 Å². The van der Waals surface area contributed by atoms with Gasteiger partial charge in [0, 0.05) is 12.7 Å². The molecule has 3 nitrogen and oxygen atoms in total. The second-order valence-electron chi connectivity index (χ2n) is 3.94. The van der Waals surface area contributed by atoms with Gasteiger partial charge in [0.2, 0.25) is 0 Å². The maximum atomic E-state index is 5.52. The quantitative estimate of drug-likeness (QED) is 0.768. The van der Waals surface area contributed by atoms with Crippen LogP contribution in [0, 0.1) is 5.92 Å². The Morgan fingerprint density at radius 1 is 1.54 bits per heavy atom. The number of hydrogen-bond acceptors (Lipinski definition) is 2. The second-order valence-corrected chi connectivity index (χ2v) is 3.94. The van der Waals surface area contributed by atoms with E-state index in [4.69, 9.17) is 5.73 Å². The van der Waals surface area contributed by atoms with Gasteiger partial charge in [-0.1, -0.05) is 19.3 Å². The zero-order chi connectivity index (χ0) is 9.10. The van der Waals surface area contributed by atoms with Crippen LogP contribution in [0.15, 0.2) is 12.3 Å². The predicted molar refractivity (Wildman–Crippen MR) is 53.2 cm³/mol. The molecule has 2 N–H and O–H groups in total. The first-order chi connectivity index (χ1) is 6.34. The molecule has 0 spiro atoms. The van der Waals surface area contributed by atoms with Crippen LogP contribution in [0.1, 0.15) is 32.1 Å². The van der Waals surface area contributed by atoms with Crippen molar-refractivity contribution < 1.29 is 0 Å². The van der Waals surface area contributed by atoms with Crippen LogP contribution < -0.4 is 5.73 Å². The van der Waals surface area contributed by atoms with Crippen LogP contribution in [0.4, 0.5) is 5.82 Å². The summed E-state index contributed by atoms with van der Waals surface area (Å²) in [7, 11) is 0. The van der Waals surface area contributed by atoms with E-state index in [1.807, 2.05) is 16.9 Å². The van der Waals surface area contributed by atoms with Gasteiger partial charge in [-0.05, 0) is 24.8 Å². The summed E-state index contributed by atoms with van der Waals surface area (Å²) in [5.41, 5.74) is 5.52. The van der Waals surface area contributed by atoms with Crippen LogP contribution in [-0.4, -0.2) is 9.78 Å². The molecule has 0 atom stereocenters. The summed E-state index contributed by atoms with van der Waals surface area (Å²) in [5, 5.41) is 4.15. The summed E-state index contributed by atoms with van der Waals surface area (Å²) in [6.07, 6.45) is 8.89. The molecule has 0 radical (unpaired) electrons. The van der Waals surface area contributed by atoms with Gasteiger partial charge in [0.1, 0.15) is 5.82 Å². The number of rotatable bonds is 4. The molecule has 0 saturated heterocycles. The van der Waals surface area contributed by atoms with E-state index in [1.165, 1.54) is 32.1 Å². The smallest absolute Gasteiger partial charge is 0.145 e. The molecule has 0 bridgehead atoms. The molecule has 2 rings (SSSR count). The molecule has 1 aromatic rings. The number of nitrogens with two attached hydrogens (primary N) is 1. The molecule has 0 aliphatic heterocycles. The minimum Gasteiger partial charge on any atom is -0.382 e. The van der Waals surface area contributed by atoms with E-state index in [-0.39, 0.29) is 0 Å². The topological polar surface area (TPSA) is 43.8 Å². The number of nitrogen functional groups attached to an aromatic ring is 1. The van der Waals surface area contributed by atoms with Crippen molar-refractivity contribution in [3.63, 3.8) is 0 Å². The molecule has 0 unspecified atom stereocenters. The molecular weight excluding hydrogens is 162 g/mol. The monoisotopic (exact) mass is 179 g/mol. The number of anilines is 1. The Kier molecular flexibility index (Phi) is 2.52. The molecule has 3 heteroatoms. The highest BCUT2D eigenvalue weighted by molar-refractivity contribution is 5.23. The van der Waals surface area contributed by atoms with Crippen LogP contribution in [-0.2, 0) is 6.54 Å². The van der Waals surface area contributed by atoms with Gasteiger partial charge in [-0.15, -0.1) is 0 Å². The van der Waals surface area contributed by atoms with Gasteiger partial charge in [-0.3, -0.25) is 4.68 Å². The maximum Gasteiger partial charge on any atom is 0.145 e. The SMILES string of the molecule is Nc1ccn(CCCC2CCC2)n1. The third-order valence-electron chi connectivity index (χ3n) is 2.89. The van der Waals surface area contributed by atoms with E-state index in [2.05, 4.69) is 5.10 Å². The highest BCUT2D eigenvalue weighted by Gasteiger charge is 2.16. The van der Waals surface area contributed by atoms with E-state index in [0.29, 0.717) is 5.82 Å². The fourth-order valence-electron chi connectivity index (χ4n) is 1.83. The van der Waals surface area contributed by atoms with E-state index in [1.54, 1.807) is 0 Å². The number of aryl methyl sites for hydroxylation is 1. The molecule has 1 aromatic heterocycles. The van der Waals surface area contributed by atoms with Gasteiger partial charge in [0.05, 0.1) is 0 Å². The number of hydrogen-bond donors (Lipinski definition) is 1. The van der Waals surface area contributed by atoms with Gasteiger partial charge >= 0.3 is 0 Å². The Morgan fingerprint density at radius 3 is 2.92 bits per heavy atom. The molecular formula is C10H17N3. The second kappa shape index (κ2) is 3.81. The summed E-state index contributed by atoms with van der Waals surface area (Å²) in [6.45, 7) is 1.02. The van der Waals surface area contributed by atoms with Gasteiger partial charge in [0.25, 0.3) is 0 Å². The van der Waals surface area contributed by atoms with Crippen molar-refractivity contribution in [2.45, 2.75) is 38.6 Å². The van der Waals surface area contributed by atoms with Gasteiger partial charge in [-0.25, -0.2) is 0 Å². The highest BCUT2D eigenvalue weighted by Crippen LogP contribution is 2.30. The average Bonchev–Trinajstić information content (AvgIpc) is 2.42. The van der Waals surface area contributed by atoms with Crippen molar-refractivity contribution in [1.29, 1.82) is 0 Å². The zero-order valence-corrected chi connectivity index (χ0v) is 7.95. The predicted octanol–water partition coefficient (Wildman–Crippen LogP) is 2.05. The lowest BCUT2D eigenvalue weighted by atomic mass is 9.82. The number of nitrogens with zero attached hydrogens (tertiary/aromatic N) is 2. The Balaban J connectivity index is 1.67. The van der Waals surface area contributed by atoms with Crippen molar-refractivity contribution in [2.24, 2.45) is 5.92 Å². The van der Waals surface area contributed by atoms with Crippen molar-refractivity contribution in [2.75, 3.05) is 5.73 Å². The lowest BCUT2D eigenvalue weighted by Gasteiger charge is -2.24. The third-order valence-corrected chi connectivity index (χ3v) is 2.89. The minimum atomic E-state index is 0.628. The summed E-state index contributed by atoms with van der Waals surface area (Å²) < 4.78 is 1.94. The van der Waals surface area contributed by atoms with Gasteiger partial charge in [-0.2, -0.15) is 5.10 Å². The number of aromatic nitrogens is 2. The van der Waals surface area contributed by atoms with Crippen LogP contribution in [0.3, 0.4) is 0 Å². The largest absolute Gasteiger partial charge is 0.382 e. The molecule has 72 valence electrons. The Morgan fingerprint density at radius 2 is 2.38 bits per heavy atom. The lowest BCUT2D eigenvalue weighted by Crippen LogP contribution is -2.11. The molecule has 0 amide bonds. The average molecular weight is 179 g/mol. The standard InChI is InChI=1S/C10H17N3/c11-10-6-8-13(12-10)7-2-5-9-3-1-4-9/h6,8-9H,1-5,7H2,(H2,11,12). The van der Waals surface area contributed by atoms with Crippen molar-refractivity contribution in [1.82, 2.24) is 9.78 Å². The van der Waals surface area contributed by atoms with E-state index < -0.39 is 0 Å². The zero-order valence-electron chi connectivity index (χ0n) is 7.95. The van der Waals surface area contributed by atoms with E-state index >= 15 is 0 Å². The molecule has 1 aliphatic carbocycles. The summed E-state index contributed by atoms with van der Waals surface area (Å²) in [5.74, 6) is 1.64. The van der Waals surface area contributed by atoms with Crippen LogP contribution in [0.5, 0.6) is 0 Å². The summed E-state index contributed by atoms with van der Waals surface area (Å²) >= 11 is 0. The molecule has 1 heterocycles. The Bertz CT molecular complexity index is 263. The lowest BCUT2D eigenvalue weighted by molar-refractivity contribution is 0.283. The minimum absolute atomic E-state index is 0.628. The first-order valence-electron chi connectivity index (χ1n) is 5.13. The molecule has 1 fully saturated rings. The molecule has 0 aromatic carbocycles. The Hall–Kier alpha value is -0.990. The highest BCUT2D eigenvalue weighted by atomic mass is 15.3. The first kappa shape index (κ1) is 8.60. The van der Waals surface area contributed by atoms with E-state index in [9.17, 15) is 0 Å². The van der Waals surface area contributed by atoms with Crippen LogP contribution in [0.25, 0.3) is 0 Å². The maximum absolute atomic E-state index is 5.52. The summed E-state index contributed by atoms with van der Waals surface area (Å²) in [4.78, 5) is 0. The van der Waals surface area contributed by atoms with E-state index in [0.717, 1.165) is 12.5 Å². The Labute approximate surface area is 78.9 Å². The van der Waals surface area contributed by atoms with Gasteiger partial charge in [0.15, 0.2) is 0 Å². The fourth-order valence-corrected chi connectivity index (χ4v) is 1.83. The third kappa shape index (κ3) is 2.23. The molecule has 1 aliphatic rings. The van der Waals surface area contributed by atoms with Crippen molar-refractivity contribution >= 4 is 5.82 Å². The first-order valence-corrected chi connectivity index (χ1v) is 5.13. The van der Waals surface area contributed by atoms with Gasteiger partial charge < -0.3 is 5.73 Å².